The fourth-order valence-electron chi connectivity index (χ4n) is 4.93. The van der Waals surface area contributed by atoms with Crippen LogP contribution in [0.15, 0.2) is 67.0 Å². The van der Waals surface area contributed by atoms with E-state index in [0.717, 1.165) is 61.4 Å². The van der Waals surface area contributed by atoms with Crippen LogP contribution in [0.2, 0.25) is 0 Å². The second-order valence-electron chi connectivity index (χ2n) is 9.18. The molecule has 1 fully saturated rings. The molecular weight excluding hydrogens is 396 g/mol. The number of hydrogen-bond donors (Lipinski definition) is 0. The van der Waals surface area contributed by atoms with E-state index in [1.54, 1.807) is 11.1 Å². The number of hydrogen-bond acceptors (Lipinski definition) is 4. The molecule has 5 nitrogen and oxygen atoms in total. The van der Waals surface area contributed by atoms with Crippen LogP contribution in [0.4, 0.5) is 0 Å². The third-order valence-electron chi connectivity index (χ3n) is 6.31. The Bertz CT molecular complexity index is 1070. The standard InChI is InChI=1S/C27H32N4O/c1-21-8-4-12-25(29-21)19-31-15-7-13-27(20-31,26(32)30(2)3)17-22-9-5-10-23(16-22)24-11-6-14-28-18-24/h4-6,8-12,14,16,18H,7,13,15,17,19-20H2,1-3H3/t27-/m1/s1. The summed E-state index contributed by atoms with van der Waals surface area (Å²) in [5, 5.41) is 0. The van der Waals surface area contributed by atoms with E-state index in [9.17, 15) is 4.79 Å². The molecule has 0 unspecified atom stereocenters. The highest BCUT2D eigenvalue weighted by molar-refractivity contribution is 5.83. The highest BCUT2D eigenvalue weighted by Crippen LogP contribution is 2.36. The van der Waals surface area contributed by atoms with Crippen LogP contribution < -0.4 is 0 Å². The Balaban J connectivity index is 1.60. The topological polar surface area (TPSA) is 49.3 Å². The number of pyridine rings is 2. The number of aromatic nitrogens is 2. The monoisotopic (exact) mass is 428 g/mol. The predicted molar refractivity (Wildman–Crippen MR) is 128 cm³/mol. The fourth-order valence-corrected chi connectivity index (χ4v) is 4.93. The van der Waals surface area contributed by atoms with Crippen molar-refractivity contribution < 1.29 is 4.79 Å². The van der Waals surface area contributed by atoms with Gasteiger partial charge in [0.05, 0.1) is 11.1 Å². The molecule has 0 N–H and O–H groups in total. The number of amides is 1. The quantitative estimate of drug-likeness (QED) is 0.585. The first-order valence-corrected chi connectivity index (χ1v) is 11.3. The summed E-state index contributed by atoms with van der Waals surface area (Å²) >= 11 is 0. The summed E-state index contributed by atoms with van der Waals surface area (Å²) in [6.45, 7) is 4.54. The average molecular weight is 429 g/mol. The highest BCUT2D eigenvalue weighted by Gasteiger charge is 2.43. The summed E-state index contributed by atoms with van der Waals surface area (Å²) in [7, 11) is 3.74. The average Bonchev–Trinajstić information content (AvgIpc) is 2.79. The minimum atomic E-state index is -0.431. The molecule has 3 aromatic rings. The van der Waals surface area contributed by atoms with Crippen molar-refractivity contribution in [3.05, 3.63) is 83.9 Å². The van der Waals surface area contributed by atoms with Gasteiger partial charge in [0.2, 0.25) is 5.91 Å². The third-order valence-corrected chi connectivity index (χ3v) is 6.31. The lowest BCUT2D eigenvalue weighted by molar-refractivity contribution is -0.143. The van der Waals surface area contributed by atoms with Gasteiger partial charge in [-0.1, -0.05) is 36.4 Å². The summed E-state index contributed by atoms with van der Waals surface area (Å²) in [4.78, 5) is 26.6. The molecule has 0 aliphatic carbocycles. The summed E-state index contributed by atoms with van der Waals surface area (Å²) in [6, 6.07) is 18.7. The van der Waals surface area contributed by atoms with Crippen LogP contribution in [0.5, 0.6) is 0 Å². The Morgan fingerprint density at radius 1 is 1.09 bits per heavy atom. The number of aryl methyl sites for hydroxylation is 1. The molecule has 0 bridgehead atoms. The molecule has 1 saturated heterocycles. The van der Waals surface area contributed by atoms with E-state index >= 15 is 0 Å². The molecule has 1 atom stereocenters. The van der Waals surface area contributed by atoms with E-state index in [-0.39, 0.29) is 5.91 Å². The Kier molecular flexibility index (Phi) is 6.66. The van der Waals surface area contributed by atoms with Crippen molar-refractivity contribution >= 4 is 5.91 Å². The van der Waals surface area contributed by atoms with Gasteiger partial charge >= 0.3 is 0 Å². The number of carbonyl (C=O) groups excluding carboxylic acids is 1. The zero-order valence-corrected chi connectivity index (χ0v) is 19.3. The van der Waals surface area contributed by atoms with E-state index < -0.39 is 5.41 Å². The van der Waals surface area contributed by atoms with E-state index in [1.165, 1.54) is 5.56 Å². The zero-order chi connectivity index (χ0) is 22.6. The molecule has 0 saturated carbocycles. The van der Waals surface area contributed by atoms with Gasteiger partial charge in [0.1, 0.15) is 0 Å². The normalized spacial score (nSPS) is 19.0. The van der Waals surface area contributed by atoms with Crippen molar-refractivity contribution in [1.82, 2.24) is 19.8 Å². The molecule has 1 aromatic carbocycles. The summed E-state index contributed by atoms with van der Waals surface area (Å²) < 4.78 is 0. The summed E-state index contributed by atoms with van der Waals surface area (Å²) in [5.41, 5.74) is 5.09. The summed E-state index contributed by atoms with van der Waals surface area (Å²) in [6.07, 6.45) is 6.32. The predicted octanol–water partition coefficient (Wildman–Crippen LogP) is 4.37. The van der Waals surface area contributed by atoms with Gasteiger partial charge in [-0.25, -0.2) is 0 Å². The molecule has 2 aromatic heterocycles. The van der Waals surface area contributed by atoms with Crippen LogP contribution in [0.1, 0.15) is 29.8 Å². The maximum absolute atomic E-state index is 13.5. The van der Waals surface area contributed by atoms with Gasteiger partial charge in [-0.05, 0) is 67.6 Å². The van der Waals surface area contributed by atoms with Crippen LogP contribution in [-0.2, 0) is 17.8 Å². The van der Waals surface area contributed by atoms with E-state index in [1.807, 2.05) is 39.3 Å². The first-order chi connectivity index (χ1) is 15.4. The number of benzene rings is 1. The van der Waals surface area contributed by atoms with Crippen LogP contribution >= 0.6 is 0 Å². The Morgan fingerprint density at radius 2 is 1.91 bits per heavy atom. The number of nitrogens with zero attached hydrogens (tertiary/aromatic N) is 4. The number of rotatable bonds is 6. The molecule has 3 heterocycles. The minimum absolute atomic E-state index is 0.214. The smallest absolute Gasteiger partial charge is 0.229 e. The van der Waals surface area contributed by atoms with Gasteiger partial charge in [0, 0.05) is 45.3 Å². The lowest BCUT2D eigenvalue weighted by Crippen LogP contribution is -2.52. The van der Waals surface area contributed by atoms with Gasteiger partial charge in [0.15, 0.2) is 0 Å². The maximum Gasteiger partial charge on any atom is 0.229 e. The van der Waals surface area contributed by atoms with Crippen LogP contribution in [0.3, 0.4) is 0 Å². The highest BCUT2D eigenvalue weighted by atomic mass is 16.2. The first kappa shape index (κ1) is 22.2. The van der Waals surface area contributed by atoms with Gasteiger partial charge in [0.25, 0.3) is 0 Å². The first-order valence-electron chi connectivity index (χ1n) is 11.3. The number of piperidine rings is 1. The Hall–Kier alpha value is -3.05. The molecule has 32 heavy (non-hydrogen) atoms. The van der Waals surface area contributed by atoms with Crippen molar-refractivity contribution in [3.8, 4) is 11.1 Å². The Morgan fingerprint density at radius 3 is 2.66 bits per heavy atom. The van der Waals surface area contributed by atoms with Crippen LogP contribution in [0.25, 0.3) is 11.1 Å². The molecule has 0 radical (unpaired) electrons. The number of likely N-dealkylation sites (tertiary alicyclic amines) is 1. The van der Waals surface area contributed by atoms with Crippen LogP contribution in [-0.4, -0.2) is 52.9 Å². The van der Waals surface area contributed by atoms with Crippen molar-refractivity contribution in [2.75, 3.05) is 27.2 Å². The molecule has 5 heteroatoms. The molecule has 0 spiro atoms. The fraction of sp³-hybridized carbons (Fsp3) is 0.370. The molecule has 1 aliphatic heterocycles. The van der Waals surface area contributed by atoms with Gasteiger partial charge in [-0.3, -0.25) is 19.7 Å². The second-order valence-corrected chi connectivity index (χ2v) is 9.18. The lowest BCUT2D eigenvalue weighted by Gasteiger charge is -2.43. The van der Waals surface area contributed by atoms with Crippen molar-refractivity contribution in [1.29, 1.82) is 0 Å². The molecule has 1 amide bonds. The van der Waals surface area contributed by atoms with E-state index in [0.29, 0.717) is 0 Å². The second kappa shape index (κ2) is 9.61. The van der Waals surface area contributed by atoms with E-state index in [2.05, 4.69) is 57.3 Å². The van der Waals surface area contributed by atoms with Crippen molar-refractivity contribution in [3.63, 3.8) is 0 Å². The van der Waals surface area contributed by atoms with Gasteiger partial charge in [-0.15, -0.1) is 0 Å². The third kappa shape index (κ3) is 5.05. The molecule has 1 aliphatic rings. The molecule has 4 rings (SSSR count). The van der Waals surface area contributed by atoms with E-state index in [4.69, 9.17) is 0 Å². The van der Waals surface area contributed by atoms with Gasteiger partial charge in [-0.2, -0.15) is 0 Å². The zero-order valence-electron chi connectivity index (χ0n) is 19.3. The SMILES string of the molecule is Cc1cccc(CN2CCC[C@](Cc3cccc(-c4cccnc4)c3)(C(=O)N(C)C)C2)n1. The van der Waals surface area contributed by atoms with Crippen molar-refractivity contribution in [2.24, 2.45) is 5.41 Å². The Labute approximate surface area is 191 Å². The lowest BCUT2D eigenvalue weighted by atomic mass is 9.73. The maximum atomic E-state index is 13.5. The van der Waals surface area contributed by atoms with Gasteiger partial charge < -0.3 is 4.90 Å². The summed E-state index contributed by atoms with van der Waals surface area (Å²) in [5.74, 6) is 0.214. The molecule has 166 valence electrons. The van der Waals surface area contributed by atoms with Crippen molar-refractivity contribution in [2.45, 2.75) is 32.7 Å². The number of carbonyl (C=O) groups is 1. The van der Waals surface area contributed by atoms with Crippen LogP contribution in [0, 0.1) is 12.3 Å². The minimum Gasteiger partial charge on any atom is -0.348 e. The molecular formula is C27H32N4O. The largest absolute Gasteiger partial charge is 0.348 e.